The molecule has 6 heteroatoms. The van der Waals surface area contributed by atoms with Crippen molar-refractivity contribution in [2.45, 2.75) is 31.8 Å². The molecule has 0 aliphatic heterocycles. The van der Waals surface area contributed by atoms with Crippen LogP contribution in [0.4, 0.5) is 0 Å². The highest BCUT2D eigenvalue weighted by Gasteiger charge is 2.24. The van der Waals surface area contributed by atoms with E-state index in [-0.39, 0.29) is 12.1 Å². The summed E-state index contributed by atoms with van der Waals surface area (Å²) in [5.74, 6) is -0.277. The lowest BCUT2D eigenvalue weighted by Gasteiger charge is -2.09. The molecule has 0 saturated heterocycles. The molecule has 1 saturated carbocycles. The quantitative estimate of drug-likeness (QED) is 0.809. The molecule has 1 aliphatic rings. The van der Waals surface area contributed by atoms with E-state index in [9.17, 15) is 4.79 Å². The molecule has 18 heavy (non-hydrogen) atoms. The van der Waals surface area contributed by atoms with Crippen molar-refractivity contribution in [2.75, 3.05) is 0 Å². The van der Waals surface area contributed by atoms with Crippen LogP contribution in [0.25, 0.3) is 10.6 Å². The summed E-state index contributed by atoms with van der Waals surface area (Å²) in [6, 6.07) is 3.87. The van der Waals surface area contributed by atoms with Crippen LogP contribution in [0.5, 0.6) is 0 Å². The van der Waals surface area contributed by atoms with Crippen LogP contribution in [-0.2, 0) is 4.74 Å². The van der Waals surface area contributed by atoms with Crippen LogP contribution in [0.1, 0.15) is 35.4 Å². The van der Waals surface area contributed by atoms with Crippen LogP contribution in [0.15, 0.2) is 17.5 Å². The lowest BCUT2D eigenvalue weighted by molar-refractivity contribution is 0.0324. The van der Waals surface area contributed by atoms with Crippen LogP contribution in [0.3, 0.4) is 0 Å². The molecule has 0 aromatic carbocycles. The van der Waals surface area contributed by atoms with Gasteiger partial charge >= 0.3 is 5.97 Å². The van der Waals surface area contributed by atoms with Gasteiger partial charge in [0.15, 0.2) is 4.88 Å². The summed E-state index contributed by atoms with van der Waals surface area (Å²) in [6.07, 6.45) is 4.34. The molecule has 1 fully saturated rings. The number of nitrogens with zero attached hydrogens (tertiary/aromatic N) is 2. The second-order valence-corrected chi connectivity index (χ2v) is 5.94. The maximum absolute atomic E-state index is 12.1. The number of hydrogen-bond acceptors (Lipinski definition) is 6. The first-order chi connectivity index (χ1) is 8.84. The summed E-state index contributed by atoms with van der Waals surface area (Å²) in [6.45, 7) is 0. The Hall–Kier alpha value is -1.27. The minimum absolute atomic E-state index is 0.0794. The molecule has 0 N–H and O–H groups in total. The third kappa shape index (κ3) is 2.30. The predicted octanol–water partition coefficient (Wildman–Crippen LogP) is 3.37. The number of hydrogen-bond donors (Lipinski definition) is 0. The summed E-state index contributed by atoms with van der Waals surface area (Å²) in [5, 5.41) is 5.99. The van der Waals surface area contributed by atoms with Crippen molar-refractivity contribution in [3.05, 3.63) is 22.4 Å². The second kappa shape index (κ2) is 5.16. The molecule has 1 aliphatic carbocycles. The van der Waals surface area contributed by atoms with Gasteiger partial charge in [-0.1, -0.05) is 10.6 Å². The fourth-order valence-corrected chi connectivity index (χ4v) is 3.45. The van der Waals surface area contributed by atoms with Gasteiger partial charge in [0.05, 0.1) is 4.88 Å². The minimum atomic E-state index is -0.277. The van der Waals surface area contributed by atoms with Gasteiger partial charge in [-0.3, -0.25) is 0 Å². The van der Waals surface area contributed by atoms with Crippen LogP contribution < -0.4 is 0 Å². The van der Waals surface area contributed by atoms with Gasteiger partial charge in [-0.05, 0) is 48.7 Å². The van der Waals surface area contributed by atoms with Gasteiger partial charge in [0.2, 0.25) is 0 Å². The average molecular weight is 280 g/mol. The Morgan fingerprint density at radius 3 is 2.94 bits per heavy atom. The lowest BCUT2D eigenvalue weighted by atomic mass is 10.3. The van der Waals surface area contributed by atoms with Crippen LogP contribution in [-0.4, -0.2) is 21.7 Å². The first kappa shape index (κ1) is 11.8. The number of thiophene rings is 1. The fraction of sp³-hybridized carbons (Fsp3) is 0.417. The zero-order valence-corrected chi connectivity index (χ0v) is 11.3. The Morgan fingerprint density at radius 1 is 1.39 bits per heavy atom. The van der Waals surface area contributed by atoms with E-state index in [0.717, 1.165) is 42.1 Å². The predicted molar refractivity (Wildman–Crippen MR) is 70.9 cm³/mol. The van der Waals surface area contributed by atoms with Crippen molar-refractivity contribution in [3.8, 4) is 10.6 Å². The zero-order valence-electron chi connectivity index (χ0n) is 9.67. The van der Waals surface area contributed by atoms with Crippen LogP contribution in [0.2, 0.25) is 0 Å². The first-order valence-electron chi connectivity index (χ1n) is 5.92. The van der Waals surface area contributed by atoms with E-state index in [4.69, 9.17) is 4.74 Å². The van der Waals surface area contributed by atoms with Gasteiger partial charge in [0, 0.05) is 0 Å². The topological polar surface area (TPSA) is 52.1 Å². The third-order valence-electron chi connectivity index (χ3n) is 3.00. The van der Waals surface area contributed by atoms with E-state index < -0.39 is 0 Å². The lowest BCUT2D eigenvalue weighted by Crippen LogP contribution is -2.14. The molecule has 0 spiro atoms. The number of ether oxygens (including phenoxy) is 1. The van der Waals surface area contributed by atoms with Gasteiger partial charge in [-0.15, -0.1) is 16.4 Å². The van der Waals surface area contributed by atoms with Crippen molar-refractivity contribution in [1.82, 2.24) is 9.59 Å². The summed E-state index contributed by atoms with van der Waals surface area (Å²) < 4.78 is 9.36. The molecule has 2 aromatic heterocycles. The van der Waals surface area contributed by atoms with Gasteiger partial charge < -0.3 is 4.74 Å². The smallest absolute Gasteiger partial charge is 0.352 e. The normalized spacial score (nSPS) is 16.0. The van der Waals surface area contributed by atoms with E-state index in [2.05, 4.69) is 9.59 Å². The van der Waals surface area contributed by atoms with E-state index in [1.54, 1.807) is 11.3 Å². The molecule has 0 radical (unpaired) electrons. The maximum atomic E-state index is 12.1. The standard InChI is InChI=1S/C12H12N2O2S2/c15-12(16-8-4-1-2-5-8)11-10(13-14-18-11)9-6-3-7-17-9/h3,6-8H,1-2,4-5H2. The highest BCUT2D eigenvalue weighted by molar-refractivity contribution is 7.14. The zero-order chi connectivity index (χ0) is 12.4. The Balaban J connectivity index is 1.79. The van der Waals surface area contributed by atoms with Crippen molar-refractivity contribution < 1.29 is 9.53 Å². The van der Waals surface area contributed by atoms with E-state index in [0.29, 0.717) is 10.6 Å². The molecule has 2 heterocycles. The average Bonchev–Trinajstić information content (AvgIpc) is 3.11. The van der Waals surface area contributed by atoms with Crippen molar-refractivity contribution >= 4 is 28.8 Å². The summed E-state index contributed by atoms with van der Waals surface area (Å²) in [5.41, 5.74) is 0.651. The Bertz CT molecular complexity index is 530. The van der Waals surface area contributed by atoms with Crippen molar-refractivity contribution in [2.24, 2.45) is 0 Å². The number of carbonyl (C=O) groups excluding carboxylic acids is 1. The van der Waals surface area contributed by atoms with E-state index in [1.807, 2.05) is 17.5 Å². The summed E-state index contributed by atoms with van der Waals surface area (Å²) in [4.78, 5) is 13.6. The Labute approximate surface area is 113 Å². The Kier molecular flexibility index (Phi) is 3.38. The number of esters is 1. The highest BCUT2D eigenvalue weighted by atomic mass is 32.1. The minimum Gasteiger partial charge on any atom is -0.458 e. The summed E-state index contributed by atoms with van der Waals surface area (Å²) >= 11 is 2.66. The molecule has 4 nitrogen and oxygen atoms in total. The van der Waals surface area contributed by atoms with Crippen LogP contribution >= 0.6 is 22.9 Å². The third-order valence-corrected chi connectivity index (χ3v) is 4.59. The SMILES string of the molecule is O=C(OC1CCCC1)c1snnc1-c1cccs1. The molecular weight excluding hydrogens is 268 g/mol. The first-order valence-corrected chi connectivity index (χ1v) is 7.57. The maximum Gasteiger partial charge on any atom is 0.352 e. The monoisotopic (exact) mass is 280 g/mol. The fourth-order valence-electron chi connectivity index (χ4n) is 2.11. The van der Waals surface area contributed by atoms with Gasteiger partial charge in [-0.2, -0.15) is 0 Å². The largest absolute Gasteiger partial charge is 0.458 e. The van der Waals surface area contributed by atoms with Crippen molar-refractivity contribution in [1.29, 1.82) is 0 Å². The number of rotatable bonds is 3. The molecule has 0 amide bonds. The second-order valence-electron chi connectivity index (χ2n) is 4.24. The number of carbonyl (C=O) groups is 1. The highest BCUT2D eigenvalue weighted by Crippen LogP contribution is 2.30. The van der Waals surface area contributed by atoms with Gasteiger partial charge in [0.25, 0.3) is 0 Å². The molecule has 0 bridgehead atoms. The summed E-state index contributed by atoms with van der Waals surface area (Å²) in [7, 11) is 0. The molecule has 3 rings (SSSR count). The van der Waals surface area contributed by atoms with Gasteiger partial charge in [0.1, 0.15) is 11.8 Å². The van der Waals surface area contributed by atoms with E-state index >= 15 is 0 Å². The van der Waals surface area contributed by atoms with E-state index in [1.165, 1.54) is 0 Å². The molecule has 0 atom stereocenters. The van der Waals surface area contributed by atoms with Crippen molar-refractivity contribution in [3.63, 3.8) is 0 Å². The van der Waals surface area contributed by atoms with Crippen LogP contribution in [0, 0.1) is 0 Å². The molecule has 94 valence electrons. The molecule has 0 unspecified atom stereocenters. The Morgan fingerprint density at radius 2 is 2.22 bits per heavy atom. The number of aromatic nitrogens is 2. The van der Waals surface area contributed by atoms with Gasteiger partial charge in [-0.25, -0.2) is 4.79 Å². The molecule has 2 aromatic rings. The molecular formula is C12H12N2O2S2.